The van der Waals surface area contributed by atoms with Crippen LogP contribution in [0.4, 0.5) is 8.78 Å². The molecule has 2 aromatic rings. The van der Waals surface area contributed by atoms with E-state index >= 15 is 0 Å². The van der Waals surface area contributed by atoms with Crippen molar-refractivity contribution in [3.63, 3.8) is 0 Å². The summed E-state index contributed by atoms with van der Waals surface area (Å²) < 4.78 is 27.2. The molecule has 0 aliphatic carbocycles. The molecule has 1 aromatic heterocycles. The molecule has 1 aromatic carbocycles. The Balaban J connectivity index is 2.07. The molecular weight excluding hydrogens is 286 g/mol. The highest BCUT2D eigenvalue weighted by Gasteiger charge is 2.17. The van der Waals surface area contributed by atoms with Crippen LogP contribution in [0.15, 0.2) is 12.1 Å². The predicted molar refractivity (Wildman–Crippen MR) is 85.0 cm³/mol. The number of nitrogens with one attached hydrogen (secondary N) is 2. The van der Waals surface area contributed by atoms with E-state index in [1.165, 1.54) is 6.07 Å². The van der Waals surface area contributed by atoms with E-state index < -0.39 is 17.2 Å². The third kappa shape index (κ3) is 4.05. The molecule has 0 aliphatic heterocycles. The number of benzene rings is 1. The Bertz CT molecular complexity index is 659. The van der Waals surface area contributed by atoms with Crippen molar-refractivity contribution in [2.75, 3.05) is 6.54 Å². The van der Waals surface area contributed by atoms with Crippen LogP contribution in [0.2, 0.25) is 0 Å². The van der Waals surface area contributed by atoms with Crippen LogP contribution in [0.1, 0.15) is 38.4 Å². The third-order valence-corrected chi connectivity index (χ3v) is 3.82. The van der Waals surface area contributed by atoms with Crippen LogP contribution in [0.5, 0.6) is 0 Å². The Morgan fingerprint density at radius 2 is 2.00 bits per heavy atom. The number of halogens is 2. The highest BCUT2D eigenvalue weighted by molar-refractivity contribution is 5.85. The Morgan fingerprint density at radius 3 is 2.64 bits per heavy atom. The van der Waals surface area contributed by atoms with Gasteiger partial charge in [0.25, 0.3) is 0 Å². The van der Waals surface area contributed by atoms with Crippen molar-refractivity contribution in [2.45, 2.75) is 52.2 Å². The summed E-state index contributed by atoms with van der Waals surface area (Å²) in [6, 6.07) is 2.43. The Labute approximate surface area is 129 Å². The minimum absolute atomic E-state index is 0.166. The molecule has 122 valence electrons. The fraction of sp³-hybridized carbons (Fsp3) is 0.529. The number of aliphatic hydroxyl groups is 1. The number of fused-ring (bicyclic) bond motifs is 1. The smallest absolute Gasteiger partial charge is 0.150 e. The van der Waals surface area contributed by atoms with Crippen molar-refractivity contribution in [2.24, 2.45) is 0 Å². The number of hydrogen-bond acceptors (Lipinski definition) is 2. The summed E-state index contributed by atoms with van der Waals surface area (Å²) >= 11 is 0. The lowest BCUT2D eigenvalue weighted by atomic mass is 10.00. The first kappa shape index (κ1) is 16.9. The van der Waals surface area contributed by atoms with E-state index in [9.17, 15) is 13.9 Å². The van der Waals surface area contributed by atoms with E-state index in [1.807, 2.05) is 13.8 Å². The molecular formula is C17H24F2N2O. The van der Waals surface area contributed by atoms with Gasteiger partial charge in [-0.2, -0.15) is 0 Å². The normalized spacial score (nSPS) is 13.8. The summed E-state index contributed by atoms with van der Waals surface area (Å²) in [5.74, 6) is -1.12. The van der Waals surface area contributed by atoms with Gasteiger partial charge in [-0.25, -0.2) is 8.78 Å². The molecule has 0 unspecified atom stereocenters. The Kier molecular flexibility index (Phi) is 4.87. The minimum Gasteiger partial charge on any atom is -0.390 e. The van der Waals surface area contributed by atoms with Crippen LogP contribution in [0.3, 0.4) is 0 Å². The van der Waals surface area contributed by atoms with Crippen molar-refractivity contribution in [1.82, 2.24) is 10.3 Å². The maximum atomic E-state index is 13.8. The van der Waals surface area contributed by atoms with Gasteiger partial charge in [-0.3, -0.25) is 0 Å². The van der Waals surface area contributed by atoms with E-state index in [1.54, 1.807) is 13.8 Å². The molecule has 0 amide bonds. The van der Waals surface area contributed by atoms with Crippen LogP contribution >= 0.6 is 0 Å². The molecule has 1 heterocycles. The molecule has 3 nitrogen and oxygen atoms in total. The van der Waals surface area contributed by atoms with E-state index in [4.69, 9.17) is 0 Å². The molecule has 0 radical (unpaired) electrons. The SMILES string of the molecule is Cc1[nH]c2c(F)cc(F)cc2c1CCN[C@H](C)CC(C)(C)O. The second-order valence-corrected chi connectivity index (χ2v) is 6.66. The molecule has 22 heavy (non-hydrogen) atoms. The summed E-state index contributed by atoms with van der Waals surface area (Å²) in [5.41, 5.74) is 1.43. The maximum absolute atomic E-state index is 13.8. The molecule has 0 spiro atoms. The second kappa shape index (κ2) is 6.34. The van der Waals surface area contributed by atoms with Crippen molar-refractivity contribution in [3.8, 4) is 0 Å². The zero-order chi connectivity index (χ0) is 16.5. The number of aromatic nitrogens is 1. The largest absolute Gasteiger partial charge is 0.390 e. The molecule has 3 N–H and O–H groups in total. The first-order chi connectivity index (χ1) is 10.2. The molecule has 0 aliphatic rings. The number of hydrogen-bond donors (Lipinski definition) is 3. The third-order valence-electron chi connectivity index (χ3n) is 3.82. The first-order valence-electron chi connectivity index (χ1n) is 7.59. The highest BCUT2D eigenvalue weighted by atomic mass is 19.1. The zero-order valence-electron chi connectivity index (χ0n) is 13.6. The molecule has 5 heteroatoms. The minimum atomic E-state index is -0.713. The zero-order valence-corrected chi connectivity index (χ0v) is 13.6. The lowest BCUT2D eigenvalue weighted by Gasteiger charge is -2.23. The molecule has 0 bridgehead atoms. The fourth-order valence-electron chi connectivity index (χ4n) is 2.99. The predicted octanol–water partition coefficient (Wildman–Crippen LogP) is 3.44. The van der Waals surface area contributed by atoms with Gasteiger partial charge in [0.2, 0.25) is 0 Å². The quantitative estimate of drug-likeness (QED) is 0.765. The van der Waals surface area contributed by atoms with Gasteiger partial charge < -0.3 is 15.4 Å². The fourth-order valence-corrected chi connectivity index (χ4v) is 2.99. The van der Waals surface area contributed by atoms with Gasteiger partial charge in [-0.1, -0.05) is 0 Å². The number of H-pyrrole nitrogens is 1. The van der Waals surface area contributed by atoms with Gasteiger partial charge in [0.1, 0.15) is 11.6 Å². The van der Waals surface area contributed by atoms with Gasteiger partial charge in [0.15, 0.2) is 0 Å². The van der Waals surface area contributed by atoms with Crippen molar-refractivity contribution >= 4 is 10.9 Å². The van der Waals surface area contributed by atoms with Crippen LogP contribution in [0.25, 0.3) is 10.9 Å². The lowest BCUT2D eigenvalue weighted by molar-refractivity contribution is 0.0614. The van der Waals surface area contributed by atoms with Gasteiger partial charge in [-0.05, 0) is 58.7 Å². The molecule has 0 fully saturated rings. The second-order valence-electron chi connectivity index (χ2n) is 6.66. The Morgan fingerprint density at radius 1 is 1.32 bits per heavy atom. The number of aryl methyl sites for hydroxylation is 1. The van der Waals surface area contributed by atoms with Gasteiger partial charge in [0.05, 0.1) is 11.1 Å². The summed E-state index contributed by atoms with van der Waals surface area (Å²) in [7, 11) is 0. The van der Waals surface area contributed by atoms with Crippen molar-refractivity contribution in [3.05, 3.63) is 35.0 Å². The highest BCUT2D eigenvalue weighted by Crippen LogP contribution is 2.26. The average Bonchev–Trinajstić information content (AvgIpc) is 2.65. The van der Waals surface area contributed by atoms with Crippen LogP contribution < -0.4 is 5.32 Å². The molecule has 0 saturated heterocycles. The summed E-state index contributed by atoms with van der Waals surface area (Å²) in [6.07, 6.45) is 1.31. The molecule has 2 rings (SSSR count). The Hall–Kier alpha value is -1.46. The standard InChI is InChI=1S/C17H24F2N2O/c1-10(9-17(3,4)22)20-6-5-13-11(2)21-16-14(13)7-12(18)8-15(16)19/h7-8,10,20-22H,5-6,9H2,1-4H3/t10-/m1/s1. The van der Waals surface area contributed by atoms with E-state index in [0.717, 1.165) is 17.3 Å². The number of rotatable bonds is 6. The van der Waals surface area contributed by atoms with E-state index in [-0.39, 0.29) is 6.04 Å². The lowest BCUT2D eigenvalue weighted by Crippen LogP contribution is -2.35. The average molecular weight is 310 g/mol. The topological polar surface area (TPSA) is 48.0 Å². The molecule has 1 atom stereocenters. The van der Waals surface area contributed by atoms with E-state index in [0.29, 0.717) is 30.3 Å². The van der Waals surface area contributed by atoms with Crippen LogP contribution in [-0.2, 0) is 6.42 Å². The van der Waals surface area contributed by atoms with Crippen LogP contribution in [0, 0.1) is 18.6 Å². The van der Waals surface area contributed by atoms with Gasteiger partial charge in [-0.15, -0.1) is 0 Å². The first-order valence-corrected chi connectivity index (χ1v) is 7.59. The number of aromatic amines is 1. The van der Waals surface area contributed by atoms with Crippen LogP contribution in [-0.4, -0.2) is 28.3 Å². The maximum Gasteiger partial charge on any atom is 0.150 e. The van der Waals surface area contributed by atoms with Gasteiger partial charge >= 0.3 is 0 Å². The van der Waals surface area contributed by atoms with E-state index in [2.05, 4.69) is 10.3 Å². The monoisotopic (exact) mass is 310 g/mol. The summed E-state index contributed by atoms with van der Waals surface area (Å²) in [4.78, 5) is 2.99. The van der Waals surface area contributed by atoms with Crippen molar-refractivity contribution < 1.29 is 13.9 Å². The molecule has 0 saturated carbocycles. The summed E-state index contributed by atoms with van der Waals surface area (Å²) in [5, 5.41) is 13.7. The summed E-state index contributed by atoms with van der Waals surface area (Å²) in [6.45, 7) is 8.12. The van der Waals surface area contributed by atoms with Crippen molar-refractivity contribution in [1.29, 1.82) is 0 Å². The van der Waals surface area contributed by atoms with Gasteiger partial charge in [0, 0.05) is 23.2 Å².